The van der Waals surface area contributed by atoms with Crippen LogP contribution in [0.15, 0.2) is 0 Å². The zero-order chi connectivity index (χ0) is 23.7. The first-order valence-electron chi connectivity index (χ1n) is 10.00. The van der Waals surface area contributed by atoms with Crippen LogP contribution in [0.25, 0.3) is 0 Å². The fourth-order valence-electron chi connectivity index (χ4n) is 3.74. The van der Waals surface area contributed by atoms with Gasteiger partial charge in [0, 0.05) is 0 Å². The Balaban J connectivity index is 1.62. The van der Waals surface area contributed by atoms with Crippen molar-refractivity contribution in [3.05, 3.63) is 0 Å². The van der Waals surface area contributed by atoms with Crippen LogP contribution in [0.5, 0.6) is 0 Å². The molecule has 0 aromatic rings. The van der Waals surface area contributed by atoms with Crippen molar-refractivity contribution < 1.29 is 74.7 Å². The van der Waals surface area contributed by atoms with Crippen LogP contribution >= 0.6 is 0 Å². The molecule has 0 aliphatic carbocycles. The van der Waals surface area contributed by atoms with E-state index in [9.17, 15) is 51.1 Å². The minimum absolute atomic E-state index is 0.445. The van der Waals surface area contributed by atoms with E-state index in [1.54, 1.807) is 0 Å². The lowest BCUT2D eigenvalue weighted by molar-refractivity contribution is -0.363. The van der Waals surface area contributed by atoms with Gasteiger partial charge in [0.05, 0.1) is 19.8 Å². The molecular formula is C17H30O15. The number of hydrogen-bond acceptors (Lipinski definition) is 15. The molecule has 3 heterocycles. The number of rotatable bonds is 6. The summed E-state index contributed by atoms with van der Waals surface area (Å²) in [6, 6.07) is 0. The quantitative estimate of drug-likeness (QED) is 0.172. The summed E-state index contributed by atoms with van der Waals surface area (Å²) in [6.07, 6.45) is -22.3. The summed E-state index contributed by atoms with van der Waals surface area (Å²) in [5, 5.41) is 98.8. The molecule has 188 valence electrons. The van der Waals surface area contributed by atoms with E-state index in [4.69, 9.17) is 23.7 Å². The summed E-state index contributed by atoms with van der Waals surface area (Å²) in [5.41, 5.74) is 0. The van der Waals surface area contributed by atoms with Crippen molar-refractivity contribution in [1.29, 1.82) is 0 Å². The van der Waals surface area contributed by atoms with Gasteiger partial charge in [-0.25, -0.2) is 0 Å². The van der Waals surface area contributed by atoms with Gasteiger partial charge in [0.2, 0.25) is 0 Å². The van der Waals surface area contributed by atoms with Gasteiger partial charge in [-0.2, -0.15) is 0 Å². The minimum Gasteiger partial charge on any atom is -0.394 e. The van der Waals surface area contributed by atoms with Gasteiger partial charge >= 0.3 is 0 Å². The molecule has 0 aromatic carbocycles. The van der Waals surface area contributed by atoms with Gasteiger partial charge in [-0.15, -0.1) is 0 Å². The van der Waals surface area contributed by atoms with Gasteiger partial charge in [-0.1, -0.05) is 0 Å². The standard InChI is InChI=1S/C17H30O15/c18-1-4-7(20)10(23)12(25)17(30-4)31-6-3-28-16(11(24)8(6)21)32-14-9(22)5(2-19)29-15(27)13(14)26/h4-27H,1-3H2/t4-,5-,6+,7-,8+,9-,10+,11-,12-,13+,14+,15+,16+,17+/m1/s1. The van der Waals surface area contributed by atoms with Crippen LogP contribution < -0.4 is 0 Å². The van der Waals surface area contributed by atoms with Crippen LogP contribution in [0, 0.1) is 0 Å². The van der Waals surface area contributed by atoms with E-state index in [2.05, 4.69) is 0 Å². The molecule has 15 nitrogen and oxygen atoms in total. The van der Waals surface area contributed by atoms with E-state index < -0.39 is 106 Å². The molecule has 0 aromatic heterocycles. The first-order valence-corrected chi connectivity index (χ1v) is 10.00. The van der Waals surface area contributed by atoms with Crippen LogP contribution in [-0.4, -0.2) is 157 Å². The van der Waals surface area contributed by atoms with Crippen molar-refractivity contribution >= 4 is 0 Å². The number of hydrogen-bond donors (Lipinski definition) is 10. The second kappa shape index (κ2) is 10.8. The highest BCUT2D eigenvalue weighted by atomic mass is 16.7. The monoisotopic (exact) mass is 474 g/mol. The Morgan fingerprint density at radius 2 is 1.19 bits per heavy atom. The summed E-state index contributed by atoms with van der Waals surface area (Å²) in [7, 11) is 0. The van der Waals surface area contributed by atoms with Crippen molar-refractivity contribution in [3.8, 4) is 0 Å². The Labute approximate surface area is 181 Å². The highest BCUT2D eigenvalue weighted by molar-refractivity contribution is 4.93. The van der Waals surface area contributed by atoms with Crippen LogP contribution in [0.4, 0.5) is 0 Å². The third-order valence-corrected chi connectivity index (χ3v) is 5.72. The first kappa shape index (κ1) is 26.0. The van der Waals surface area contributed by atoms with Crippen LogP contribution in [0.1, 0.15) is 0 Å². The second-order valence-corrected chi connectivity index (χ2v) is 7.88. The molecular weight excluding hydrogens is 444 g/mol. The molecule has 3 saturated heterocycles. The molecule has 32 heavy (non-hydrogen) atoms. The highest BCUT2D eigenvalue weighted by Gasteiger charge is 2.50. The van der Waals surface area contributed by atoms with Crippen molar-refractivity contribution in [2.45, 2.75) is 86.0 Å². The largest absolute Gasteiger partial charge is 0.394 e. The molecule has 3 fully saturated rings. The summed E-state index contributed by atoms with van der Waals surface area (Å²) in [6.45, 7) is -1.83. The molecule has 0 spiro atoms. The topological polar surface area (TPSA) is 248 Å². The molecule has 0 amide bonds. The van der Waals surface area contributed by atoms with Gasteiger partial charge in [-0.3, -0.25) is 0 Å². The Morgan fingerprint density at radius 3 is 1.81 bits per heavy atom. The molecule has 3 aliphatic heterocycles. The van der Waals surface area contributed by atoms with Gasteiger partial charge in [0.25, 0.3) is 0 Å². The lowest BCUT2D eigenvalue weighted by Crippen LogP contribution is -2.64. The van der Waals surface area contributed by atoms with Crippen molar-refractivity contribution in [3.63, 3.8) is 0 Å². The third kappa shape index (κ3) is 5.07. The maximum Gasteiger partial charge on any atom is 0.187 e. The highest BCUT2D eigenvalue weighted by Crippen LogP contribution is 2.29. The molecule has 3 rings (SSSR count). The van der Waals surface area contributed by atoms with E-state index in [0.29, 0.717) is 0 Å². The smallest absolute Gasteiger partial charge is 0.187 e. The van der Waals surface area contributed by atoms with Gasteiger partial charge < -0.3 is 74.7 Å². The predicted octanol–water partition coefficient (Wildman–Crippen LogP) is -6.93. The molecule has 14 atom stereocenters. The molecule has 10 N–H and O–H groups in total. The number of ether oxygens (including phenoxy) is 5. The zero-order valence-corrected chi connectivity index (χ0v) is 16.7. The van der Waals surface area contributed by atoms with Crippen LogP contribution in [-0.2, 0) is 23.7 Å². The Kier molecular flexibility index (Phi) is 8.75. The Bertz CT molecular complexity index is 594. The first-order chi connectivity index (χ1) is 15.1. The average Bonchev–Trinajstić information content (AvgIpc) is 2.78. The maximum absolute atomic E-state index is 10.4. The SMILES string of the molecule is OC[C@H]1O[C@@H](O[C@H]2CO[C@@H](O[C@@H]3[C@H](O)[C@@H](O)O[C@H](CO)[C@H]3O)[C@H](O)[C@H]2O)[C@H](O)[C@@H](O)[C@@H]1O. The average molecular weight is 474 g/mol. The van der Waals surface area contributed by atoms with Gasteiger partial charge in [0.15, 0.2) is 18.9 Å². The molecule has 15 heteroatoms. The van der Waals surface area contributed by atoms with Crippen molar-refractivity contribution in [2.24, 2.45) is 0 Å². The molecule has 0 bridgehead atoms. The van der Waals surface area contributed by atoms with Crippen molar-refractivity contribution in [2.75, 3.05) is 19.8 Å². The summed E-state index contributed by atoms with van der Waals surface area (Å²) < 4.78 is 26.0. The van der Waals surface area contributed by atoms with Crippen molar-refractivity contribution in [1.82, 2.24) is 0 Å². The molecule has 0 saturated carbocycles. The summed E-state index contributed by atoms with van der Waals surface area (Å²) in [4.78, 5) is 0. The fraction of sp³-hybridized carbons (Fsp3) is 1.00. The molecule has 3 aliphatic rings. The zero-order valence-electron chi connectivity index (χ0n) is 16.7. The normalized spacial score (nSPS) is 52.7. The van der Waals surface area contributed by atoms with E-state index >= 15 is 0 Å². The Morgan fingerprint density at radius 1 is 0.594 bits per heavy atom. The van der Waals surface area contributed by atoms with Crippen LogP contribution in [0.2, 0.25) is 0 Å². The van der Waals surface area contributed by atoms with E-state index in [0.717, 1.165) is 0 Å². The lowest BCUT2D eigenvalue weighted by atomic mass is 9.98. The maximum atomic E-state index is 10.4. The second-order valence-electron chi connectivity index (χ2n) is 7.88. The predicted molar refractivity (Wildman–Crippen MR) is 95.2 cm³/mol. The number of aliphatic hydroxyl groups is 10. The molecule has 0 radical (unpaired) electrons. The van der Waals surface area contributed by atoms with Crippen LogP contribution in [0.3, 0.4) is 0 Å². The minimum atomic E-state index is -1.80. The van der Waals surface area contributed by atoms with E-state index in [1.165, 1.54) is 0 Å². The Hall–Kier alpha value is -0.600. The summed E-state index contributed by atoms with van der Waals surface area (Å²) >= 11 is 0. The van der Waals surface area contributed by atoms with Gasteiger partial charge in [-0.05, 0) is 0 Å². The fourth-order valence-corrected chi connectivity index (χ4v) is 3.74. The molecule has 0 unspecified atom stereocenters. The lowest BCUT2D eigenvalue weighted by Gasteiger charge is -2.45. The summed E-state index contributed by atoms with van der Waals surface area (Å²) in [5.74, 6) is 0. The third-order valence-electron chi connectivity index (χ3n) is 5.72. The number of aliphatic hydroxyl groups excluding tert-OH is 10. The van der Waals surface area contributed by atoms with Gasteiger partial charge in [0.1, 0.15) is 67.1 Å². The van der Waals surface area contributed by atoms with E-state index in [1.807, 2.05) is 0 Å². The van der Waals surface area contributed by atoms with E-state index in [-0.39, 0.29) is 0 Å².